The van der Waals surface area contributed by atoms with Gasteiger partial charge in [0.15, 0.2) is 5.82 Å². The second kappa shape index (κ2) is 5.36. The molecule has 0 unspecified atom stereocenters. The average molecular weight is 264 g/mol. The Morgan fingerprint density at radius 3 is 2.74 bits per heavy atom. The summed E-state index contributed by atoms with van der Waals surface area (Å²) < 4.78 is 20.7. The van der Waals surface area contributed by atoms with Gasteiger partial charge in [-0.1, -0.05) is 0 Å². The Labute approximate surface area is 111 Å². The number of ether oxygens (including phenoxy) is 1. The monoisotopic (exact) mass is 264 g/mol. The van der Waals surface area contributed by atoms with Gasteiger partial charge in [0.05, 0.1) is 0 Å². The van der Waals surface area contributed by atoms with Gasteiger partial charge in [-0.2, -0.15) is 0 Å². The minimum atomic E-state index is -0.325. The molecule has 19 heavy (non-hydrogen) atoms. The number of hydrogen-bond acceptors (Lipinski definition) is 4. The maximum Gasteiger partial charge on any atom is 0.170 e. The second-order valence-electron chi connectivity index (χ2n) is 4.48. The predicted octanol–water partition coefficient (Wildman–Crippen LogP) is 1.86. The van der Waals surface area contributed by atoms with E-state index in [0.29, 0.717) is 17.1 Å². The smallest absolute Gasteiger partial charge is 0.170 e. The minimum absolute atomic E-state index is 0.267. The minimum Gasteiger partial charge on any atom is -0.485 e. The molecule has 1 heterocycles. The molecule has 0 aliphatic heterocycles. The highest BCUT2D eigenvalue weighted by Gasteiger charge is 2.11. The van der Waals surface area contributed by atoms with E-state index in [0.717, 1.165) is 5.82 Å². The maximum absolute atomic E-state index is 13.2. The van der Waals surface area contributed by atoms with Crippen LogP contribution in [0.3, 0.4) is 0 Å². The molecule has 0 spiro atoms. The van der Waals surface area contributed by atoms with E-state index in [1.54, 1.807) is 13.0 Å². The molecule has 5 nitrogen and oxygen atoms in total. The van der Waals surface area contributed by atoms with E-state index in [9.17, 15) is 4.39 Å². The largest absolute Gasteiger partial charge is 0.485 e. The molecular formula is C13H17FN4O. The molecular weight excluding hydrogens is 247 g/mol. The quantitative estimate of drug-likeness (QED) is 0.915. The Hall–Kier alpha value is -1.95. The number of hydrogen-bond donors (Lipinski definition) is 1. The normalized spacial score (nSPS) is 12.5. The van der Waals surface area contributed by atoms with Crippen molar-refractivity contribution in [2.24, 2.45) is 12.8 Å². The molecule has 102 valence electrons. The molecule has 2 rings (SSSR count). The summed E-state index contributed by atoms with van der Waals surface area (Å²) in [7, 11) is 1.87. The van der Waals surface area contributed by atoms with Crippen LogP contribution in [0.5, 0.6) is 5.75 Å². The molecule has 0 amide bonds. The Morgan fingerprint density at radius 1 is 1.42 bits per heavy atom. The summed E-state index contributed by atoms with van der Waals surface area (Å²) >= 11 is 0. The van der Waals surface area contributed by atoms with Crippen LogP contribution in [0.2, 0.25) is 0 Å². The van der Waals surface area contributed by atoms with E-state index in [2.05, 4.69) is 10.2 Å². The van der Waals surface area contributed by atoms with Crippen LogP contribution in [-0.2, 0) is 13.7 Å². The molecule has 1 aromatic carbocycles. The fourth-order valence-corrected chi connectivity index (χ4v) is 1.73. The van der Waals surface area contributed by atoms with E-state index < -0.39 is 0 Å². The van der Waals surface area contributed by atoms with Crippen molar-refractivity contribution >= 4 is 0 Å². The maximum atomic E-state index is 13.2. The summed E-state index contributed by atoms with van der Waals surface area (Å²) in [6, 6.07) is 4.02. The van der Waals surface area contributed by atoms with Crippen LogP contribution in [0.15, 0.2) is 18.2 Å². The van der Waals surface area contributed by atoms with E-state index in [1.807, 2.05) is 18.5 Å². The van der Waals surface area contributed by atoms with Crippen molar-refractivity contribution in [2.75, 3.05) is 0 Å². The van der Waals surface area contributed by atoms with Crippen molar-refractivity contribution in [2.45, 2.75) is 26.5 Å². The highest BCUT2D eigenvalue weighted by molar-refractivity contribution is 5.36. The van der Waals surface area contributed by atoms with Crippen molar-refractivity contribution in [3.8, 4) is 5.75 Å². The van der Waals surface area contributed by atoms with Gasteiger partial charge in [0.1, 0.15) is 24.0 Å². The van der Waals surface area contributed by atoms with Crippen molar-refractivity contribution < 1.29 is 9.13 Å². The van der Waals surface area contributed by atoms with Gasteiger partial charge in [-0.25, -0.2) is 4.39 Å². The SMILES string of the molecule is Cc1nnc(COc2ccc(F)cc2[C@@H](C)N)n1C. The molecule has 0 saturated carbocycles. The lowest BCUT2D eigenvalue weighted by molar-refractivity contribution is 0.286. The van der Waals surface area contributed by atoms with Crippen LogP contribution in [-0.4, -0.2) is 14.8 Å². The van der Waals surface area contributed by atoms with Gasteiger partial charge < -0.3 is 15.0 Å². The average Bonchev–Trinajstić information content (AvgIpc) is 2.68. The summed E-state index contributed by atoms with van der Waals surface area (Å²) in [5.74, 6) is 1.76. The highest BCUT2D eigenvalue weighted by Crippen LogP contribution is 2.25. The second-order valence-corrected chi connectivity index (χ2v) is 4.48. The first-order valence-corrected chi connectivity index (χ1v) is 6.01. The lowest BCUT2D eigenvalue weighted by Crippen LogP contribution is -2.10. The summed E-state index contributed by atoms with van der Waals surface area (Å²) in [6.07, 6.45) is 0. The van der Waals surface area contributed by atoms with Gasteiger partial charge in [0.25, 0.3) is 0 Å². The first-order valence-electron chi connectivity index (χ1n) is 6.01. The molecule has 0 saturated heterocycles. The number of halogens is 1. The first-order chi connectivity index (χ1) is 8.99. The standard InChI is InChI=1S/C13H17FN4O/c1-8(15)11-6-10(14)4-5-12(11)19-7-13-17-16-9(2)18(13)3/h4-6,8H,7,15H2,1-3H3/t8-/m1/s1. The molecule has 2 aromatic rings. The fourth-order valence-electron chi connectivity index (χ4n) is 1.73. The molecule has 1 aromatic heterocycles. The van der Waals surface area contributed by atoms with Gasteiger partial charge in [-0.05, 0) is 32.0 Å². The zero-order valence-corrected chi connectivity index (χ0v) is 11.2. The number of aryl methyl sites for hydroxylation is 1. The number of nitrogens with two attached hydrogens (primary N) is 1. The van der Waals surface area contributed by atoms with Crippen LogP contribution in [0, 0.1) is 12.7 Å². The van der Waals surface area contributed by atoms with Gasteiger partial charge in [0.2, 0.25) is 0 Å². The fraction of sp³-hybridized carbons (Fsp3) is 0.385. The van der Waals surface area contributed by atoms with Crippen LogP contribution in [0.25, 0.3) is 0 Å². The molecule has 2 N–H and O–H groups in total. The number of rotatable bonds is 4. The van der Waals surface area contributed by atoms with Gasteiger partial charge >= 0.3 is 0 Å². The van der Waals surface area contributed by atoms with Gasteiger partial charge in [0, 0.05) is 18.7 Å². The first kappa shape index (κ1) is 13.5. The molecule has 6 heteroatoms. The number of nitrogens with zero attached hydrogens (tertiary/aromatic N) is 3. The van der Waals surface area contributed by atoms with Crippen molar-refractivity contribution in [1.29, 1.82) is 0 Å². The Morgan fingerprint density at radius 2 is 2.16 bits per heavy atom. The zero-order chi connectivity index (χ0) is 14.0. The van der Waals surface area contributed by atoms with Crippen LogP contribution in [0.1, 0.15) is 30.2 Å². The predicted molar refractivity (Wildman–Crippen MR) is 69.1 cm³/mol. The number of benzene rings is 1. The van der Waals surface area contributed by atoms with Crippen molar-refractivity contribution in [1.82, 2.24) is 14.8 Å². The summed E-state index contributed by atoms with van der Waals surface area (Å²) in [5.41, 5.74) is 6.44. The van der Waals surface area contributed by atoms with Gasteiger partial charge in [-0.15, -0.1) is 10.2 Å². The van der Waals surface area contributed by atoms with E-state index in [1.165, 1.54) is 12.1 Å². The van der Waals surface area contributed by atoms with Crippen LogP contribution < -0.4 is 10.5 Å². The summed E-state index contributed by atoms with van der Waals surface area (Å²) in [4.78, 5) is 0. The number of aromatic nitrogens is 3. The molecule has 0 aliphatic carbocycles. The van der Waals surface area contributed by atoms with Gasteiger partial charge in [-0.3, -0.25) is 0 Å². The third kappa shape index (κ3) is 2.90. The molecule has 0 aliphatic rings. The topological polar surface area (TPSA) is 66.0 Å². The molecule has 0 fully saturated rings. The lowest BCUT2D eigenvalue weighted by Gasteiger charge is -2.13. The van der Waals surface area contributed by atoms with Crippen LogP contribution >= 0.6 is 0 Å². The highest BCUT2D eigenvalue weighted by atomic mass is 19.1. The summed E-state index contributed by atoms with van der Waals surface area (Å²) in [6.45, 7) is 3.92. The summed E-state index contributed by atoms with van der Waals surface area (Å²) in [5, 5.41) is 7.95. The Kier molecular flexibility index (Phi) is 3.80. The third-order valence-corrected chi connectivity index (χ3v) is 3.00. The van der Waals surface area contributed by atoms with Crippen LogP contribution in [0.4, 0.5) is 4.39 Å². The van der Waals surface area contributed by atoms with Crippen molar-refractivity contribution in [3.05, 3.63) is 41.2 Å². The lowest BCUT2D eigenvalue weighted by atomic mass is 10.1. The molecule has 0 radical (unpaired) electrons. The van der Waals surface area contributed by atoms with E-state index >= 15 is 0 Å². The van der Waals surface area contributed by atoms with E-state index in [-0.39, 0.29) is 18.5 Å². The zero-order valence-electron chi connectivity index (χ0n) is 11.2. The molecule has 0 bridgehead atoms. The Balaban J connectivity index is 2.17. The van der Waals surface area contributed by atoms with Crippen molar-refractivity contribution in [3.63, 3.8) is 0 Å². The third-order valence-electron chi connectivity index (χ3n) is 3.00. The Bertz CT molecular complexity index is 580. The van der Waals surface area contributed by atoms with E-state index in [4.69, 9.17) is 10.5 Å². The molecule has 1 atom stereocenters.